The lowest BCUT2D eigenvalue weighted by Crippen LogP contribution is -2.50. The van der Waals surface area contributed by atoms with Crippen LogP contribution >= 0.6 is 0 Å². The van der Waals surface area contributed by atoms with Crippen LogP contribution in [0.2, 0.25) is 0 Å². The first kappa shape index (κ1) is 14.5. The van der Waals surface area contributed by atoms with Crippen LogP contribution in [0.4, 0.5) is 0 Å². The number of ether oxygens (including phenoxy) is 1. The molecule has 2 aromatic rings. The Balaban J connectivity index is 1.72. The van der Waals surface area contributed by atoms with Gasteiger partial charge in [-0.05, 0) is 24.0 Å². The zero-order valence-electron chi connectivity index (χ0n) is 13.1. The molecule has 118 valence electrons. The molecule has 2 heterocycles. The fourth-order valence-corrected chi connectivity index (χ4v) is 3.91. The van der Waals surface area contributed by atoms with Crippen molar-refractivity contribution >= 4 is 5.91 Å². The predicted molar refractivity (Wildman–Crippen MR) is 89.2 cm³/mol. The van der Waals surface area contributed by atoms with Crippen LogP contribution in [0.5, 0.6) is 0 Å². The fourth-order valence-electron chi connectivity index (χ4n) is 3.91. The van der Waals surface area contributed by atoms with E-state index in [4.69, 9.17) is 4.74 Å². The van der Waals surface area contributed by atoms with E-state index in [2.05, 4.69) is 29.2 Å². The molecule has 2 saturated heterocycles. The summed E-state index contributed by atoms with van der Waals surface area (Å²) in [6, 6.07) is 20.7. The number of carbonyl (C=O) groups excluding carboxylic acids is 1. The second-order valence-corrected chi connectivity index (χ2v) is 6.42. The Morgan fingerprint density at radius 3 is 1.83 bits per heavy atom. The molecule has 2 aliphatic heterocycles. The maximum Gasteiger partial charge on any atom is 0.235 e. The summed E-state index contributed by atoms with van der Waals surface area (Å²) in [6.07, 6.45) is 2.12. The van der Waals surface area contributed by atoms with Gasteiger partial charge in [0.15, 0.2) is 0 Å². The highest BCUT2D eigenvalue weighted by Gasteiger charge is 2.43. The lowest BCUT2D eigenvalue weighted by atomic mass is 9.89. The van der Waals surface area contributed by atoms with E-state index in [0.29, 0.717) is 13.2 Å². The van der Waals surface area contributed by atoms with E-state index < -0.39 is 0 Å². The quantitative estimate of drug-likeness (QED) is 0.871. The minimum Gasteiger partial charge on any atom is -0.377 e. The first-order chi connectivity index (χ1) is 11.3. The van der Waals surface area contributed by atoms with E-state index in [0.717, 1.165) is 24.0 Å². The molecule has 0 spiro atoms. The van der Waals surface area contributed by atoms with Crippen LogP contribution < -0.4 is 0 Å². The van der Waals surface area contributed by atoms with Crippen molar-refractivity contribution in [2.75, 3.05) is 13.2 Å². The second kappa shape index (κ2) is 6.17. The number of fused-ring (bicyclic) bond motifs is 2. The summed E-state index contributed by atoms with van der Waals surface area (Å²) in [6.45, 7) is 1.36. The Labute approximate surface area is 136 Å². The first-order valence-electron chi connectivity index (χ1n) is 8.34. The minimum absolute atomic E-state index is 0.221. The summed E-state index contributed by atoms with van der Waals surface area (Å²) in [4.78, 5) is 15.5. The van der Waals surface area contributed by atoms with Crippen molar-refractivity contribution in [3.05, 3.63) is 71.8 Å². The number of carbonyl (C=O) groups is 1. The molecule has 2 aromatic carbocycles. The normalized spacial score (nSPS) is 23.3. The van der Waals surface area contributed by atoms with Gasteiger partial charge in [0.25, 0.3) is 0 Å². The van der Waals surface area contributed by atoms with Crippen LogP contribution in [0.25, 0.3) is 0 Å². The molecule has 23 heavy (non-hydrogen) atoms. The third-order valence-corrected chi connectivity index (χ3v) is 5.01. The third-order valence-electron chi connectivity index (χ3n) is 5.01. The van der Waals surface area contributed by atoms with E-state index >= 15 is 0 Å². The van der Waals surface area contributed by atoms with Gasteiger partial charge in [0.2, 0.25) is 5.91 Å². The molecule has 0 saturated carbocycles. The van der Waals surface area contributed by atoms with Gasteiger partial charge in [0, 0.05) is 0 Å². The molecular weight excluding hydrogens is 286 g/mol. The number of hydrogen-bond donors (Lipinski definition) is 0. The molecule has 2 aliphatic rings. The van der Waals surface area contributed by atoms with Crippen molar-refractivity contribution in [2.24, 2.45) is 0 Å². The van der Waals surface area contributed by atoms with Crippen LogP contribution in [-0.4, -0.2) is 36.1 Å². The molecule has 0 aromatic heterocycles. The molecule has 0 aliphatic carbocycles. The molecule has 0 radical (unpaired) electrons. The van der Waals surface area contributed by atoms with Crippen molar-refractivity contribution in [1.82, 2.24) is 4.90 Å². The second-order valence-electron chi connectivity index (χ2n) is 6.42. The highest BCUT2D eigenvalue weighted by Crippen LogP contribution is 2.35. The van der Waals surface area contributed by atoms with Crippen molar-refractivity contribution in [2.45, 2.75) is 30.8 Å². The Hall–Kier alpha value is -2.13. The highest BCUT2D eigenvalue weighted by atomic mass is 16.5. The van der Waals surface area contributed by atoms with Gasteiger partial charge in [-0.3, -0.25) is 4.79 Å². The molecule has 4 rings (SSSR count). The molecule has 2 bridgehead atoms. The Kier molecular flexibility index (Phi) is 3.88. The van der Waals surface area contributed by atoms with Gasteiger partial charge in [0.1, 0.15) is 0 Å². The number of benzene rings is 2. The largest absolute Gasteiger partial charge is 0.377 e. The summed E-state index contributed by atoms with van der Waals surface area (Å²) in [7, 11) is 0. The predicted octanol–water partition coefficient (Wildman–Crippen LogP) is 3.21. The molecule has 3 nitrogen and oxygen atoms in total. The molecule has 2 atom stereocenters. The number of amides is 1. The van der Waals surface area contributed by atoms with E-state index in [-0.39, 0.29) is 23.9 Å². The molecule has 2 unspecified atom stereocenters. The van der Waals surface area contributed by atoms with Gasteiger partial charge >= 0.3 is 0 Å². The van der Waals surface area contributed by atoms with Crippen molar-refractivity contribution < 1.29 is 9.53 Å². The average molecular weight is 307 g/mol. The first-order valence-corrected chi connectivity index (χ1v) is 8.34. The van der Waals surface area contributed by atoms with Crippen molar-refractivity contribution in [1.29, 1.82) is 0 Å². The Morgan fingerprint density at radius 2 is 1.35 bits per heavy atom. The van der Waals surface area contributed by atoms with Gasteiger partial charge in [-0.2, -0.15) is 0 Å². The topological polar surface area (TPSA) is 29.5 Å². The average Bonchev–Trinajstić information content (AvgIpc) is 2.86. The highest BCUT2D eigenvalue weighted by molar-refractivity contribution is 5.88. The summed E-state index contributed by atoms with van der Waals surface area (Å²) in [5.74, 6) is -0.00296. The smallest absolute Gasteiger partial charge is 0.235 e. The van der Waals surface area contributed by atoms with Crippen LogP contribution in [0.3, 0.4) is 0 Å². The zero-order chi connectivity index (χ0) is 15.6. The molecule has 3 heteroatoms. The van der Waals surface area contributed by atoms with E-state index in [1.165, 1.54) is 0 Å². The molecule has 2 fully saturated rings. The standard InChI is InChI=1S/C20H21NO2/c22-20(21-17-11-12-18(21)14-23-13-17)19(15-7-3-1-4-8-15)16-9-5-2-6-10-16/h1-10,17-19H,11-14H2. The number of hydrogen-bond acceptors (Lipinski definition) is 2. The lowest BCUT2D eigenvalue weighted by molar-refractivity contribution is -0.141. The van der Waals surface area contributed by atoms with Gasteiger partial charge < -0.3 is 9.64 Å². The van der Waals surface area contributed by atoms with Crippen LogP contribution in [0, 0.1) is 0 Å². The maximum absolute atomic E-state index is 13.4. The van der Waals surface area contributed by atoms with Crippen LogP contribution in [0.1, 0.15) is 29.9 Å². The Morgan fingerprint density at radius 1 is 0.870 bits per heavy atom. The Bertz CT molecular complexity index is 615. The van der Waals surface area contributed by atoms with E-state index in [1.807, 2.05) is 36.4 Å². The molecule has 1 amide bonds. The summed E-state index contributed by atoms with van der Waals surface area (Å²) in [5, 5.41) is 0. The van der Waals surface area contributed by atoms with Crippen LogP contribution in [-0.2, 0) is 9.53 Å². The van der Waals surface area contributed by atoms with Gasteiger partial charge in [0.05, 0.1) is 31.2 Å². The maximum atomic E-state index is 13.4. The third kappa shape index (κ3) is 2.66. The van der Waals surface area contributed by atoms with Gasteiger partial charge in [-0.25, -0.2) is 0 Å². The van der Waals surface area contributed by atoms with E-state index in [9.17, 15) is 4.79 Å². The number of rotatable bonds is 3. The fraction of sp³-hybridized carbons (Fsp3) is 0.350. The molecular formula is C20H21NO2. The molecule has 0 N–H and O–H groups in total. The number of morpholine rings is 1. The summed E-state index contributed by atoms with van der Waals surface area (Å²) >= 11 is 0. The van der Waals surface area contributed by atoms with Crippen LogP contribution in [0.15, 0.2) is 60.7 Å². The summed E-state index contributed by atoms with van der Waals surface area (Å²) < 4.78 is 5.63. The number of nitrogens with zero attached hydrogens (tertiary/aromatic N) is 1. The van der Waals surface area contributed by atoms with Gasteiger partial charge in [-0.15, -0.1) is 0 Å². The minimum atomic E-state index is -0.224. The lowest BCUT2D eigenvalue weighted by Gasteiger charge is -2.37. The summed E-state index contributed by atoms with van der Waals surface area (Å²) in [5.41, 5.74) is 2.13. The van der Waals surface area contributed by atoms with Gasteiger partial charge in [-0.1, -0.05) is 60.7 Å². The van der Waals surface area contributed by atoms with Crippen molar-refractivity contribution in [3.63, 3.8) is 0 Å². The SMILES string of the molecule is O=C(C(c1ccccc1)c1ccccc1)N1C2CCC1COC2. The van der Waals surface area contributed by atoms with Crippen molar-refractivity contribution in [3.8, 4) is 0 Å². The zero-order valence-corrected chi connectivity index (χ0v) is 13.1. The van der Waals surface area contributed by atoms with E-state index in [1.54, 1.807) is 0 Å². The monoisotopic (exact) mass is 307 g/mol.